The number of nitrogens with zero attached hydrogens (tertiary/aromatic N) is 4. The molecule has 186 valence electrons. The van der Waals surface area contributed by atoms with Gasteiger partial charge in [-0.05, 0) is 49.4 Å². The molecule has 8 heteroatoms. The Morgan fingerprint density at radius 1 is 1.19 bits per heavy atom. The third-order valence-electron chi connectivity index (χ3n) is 6.98. The lowest BCUT2D eigenvalue weighted by molar-refractivity contribution is 0.0285. The molecule has 0 unspecified atom stereocenters. The Morgan fingerprint density at radius 2 is 2.03 bits per heavy atom. The molecule has 1 amide bonds. The van der Waals surface area contributed by atoms with E-state index in [9.17, 15) is 4.79 Å². The number of fused-ring (bicyclic) bond motifs is 1. The van der Waals surface area contributed by atoms with Crippen LogP contribution in [0.3, 0.4) is 0 Å². The van der Waals surface area contributed by atoms with Gasteiger partial charge in [0, 0.05) is 65.5 Å². The van der Waals surface area contributed by atoms with Gasteiger partial charge >= 0.3 is 0 Å². The molecule has 1 aliphatic heterocycles. The number of aromatic amines is 1. The highest BCUT2D eigenvalue weighted by Gasteiger charge is 2.39. The number of carbonyl (C=O) groups excluding carboxylic acids is 1. The number of nitrogens with one attached hydrogen (secondary N) is 1. The largest absolute Gasteiger partial charge is 0.493 e. The van der Waals surface area contributed by atoms with Gasteiger partial charge in [0.1, 0.15) is 5.75 Å². The molecule has 0 spiro atoms. The number of amides is 1. The standard InChI is InChI=1S/C28H30ClN5O2/c1-4-34-16-21(17-34)27(24-15-30-13-20-14-31-32-26(20)24)33(3)28(35)19-9-10-23(25(12-19)36-5-2)18-7-6-8-22(29)11-18/h6-15,21,27H,4-5,16-17H2,1-3H3,(H,31,32)/t27-/m1/s1. The van der Waals surface area contributed by atoms with E-state index in [1.807, 2.05) is 67.5 Å². The van der Waals surface area contributed by atoms with Gasteiger partial charge in [-0.15, -0.1) is 0 Å². The van der Waals surface area contributed by atoms with E-state index in [1.165, 1.54) is 0 Å². The van der Waals surface area contributed by atoms with Crippen molar-refractivity contribution in [2.24, 2.45) is 5.92 Å². The minimum atomic E-state index is -0.139. The first-order valence-corrected chi connectivity index (χ1v) is 12.7. The zero-order valence-electron chi connectivity index (χ0n) is 20.7. The second kappa shape index (κ2) is 10.3. The summed E-state index contributed by atoms with van der Waals surface area (Å²) in [5, 5.41) is 8.92. The number of benzene rings is 2. The molecule has 1 N–H and O–H groups in total. The fourth-order valence-corrected chi connectivity index (χ4v) is 5.30. The summed E-state index contributed by atoms with van der Waals surface area (Å²) in [5.41, 5.74) is 4.34. The van der Waals surface area contributed by atoms with E-state index in [0.29, 0.717) is 28.9 Å². The molecule has 7 nitrogen and oxygen atoms in total. The molecule has 1 fully saturated rings. The van der Waals surface area contributed by atoms with E-state index in [-0.39, 0.29) is 11.9 Å². The third kappa shape index (κ3) is 4.56. The van der Waals surface area contributed by atoms with Crippen molar-refractivity contribution in [3.63, 3.8) is 0 Å². The number of halogens is 1. The van der Waals surface area contributed by atoms with Crippen molar-refractivity contribution in [1.82, 2.24) is 25.0 Å². The zero-order chi connectivity index (χ0) is 25.2. The second-order valence-electron chi connectivity index (χ2n) is 9.19. The molecule has 0 bridgehead atoms. The van der Waals surface area contributed by atoms with Crippen LogP contribution in [-0.2, 0) is 0 Å². The molecule has 36 heavy (non-hydrogen) atoms. The number of carbonyl (C=O) groups is 1. The first-order chi connectivity index (χ1) is 17.5. The van der Waals surface area contributed by atoms with Crippen molar-refractivity contribution in [1.29, 1.82) is 0 Å². The predicted octanol–water partition coefficient (Wildman–Crippen LogP) is 5.44. The molecule has 0 radical (unpaired) electrons. The van der Waals surface area contributed by atoms with E-state index in [4.69, 9.17) is 16.3 Å². The summed E-state index contributed by atoms with van der Waals surface area (Å²) < 4.78 is 5.96. The summed E-state index contributed by atoms with van der Waals surface area (Å²) in [6, 6.07) is 13.1. The fourth-order valence-electron chi connectivity index (χ4n) is 5.11. The molecular weight excluding hydrogens is 474 g/mol. The minimum absolute atomic E-state index is 0.0648. The summed E-state index contributed by atoms with van der Waals surface area (Å²) >= 11 is 6.23. The van der Waals surface area contributed by atoms with Gasteiger partial charge in [-0.2, -0.15) is 5.10 Å². The minimum Gasteiger partial charge on any atom is -0.493 e. The lowest BCUT2D eigenvalue weighted by atomic mass is 9.85. The van der Waals surface area contributed by atoms with Crippen LogP contribution in [0.2, 0.25) is 5.02 Å². The molecule has 2 aromatic heterocycles. The normalized spacial score (nSPS) is 15.0. The first kappa shape index (κ1) is 24.3. The molecule has 0 saturated carbocycles. The van der Waals surface area contributed by atoms with Gasteiger partial charge in [-0.25, -0.2) is 0 Å². The number of hydrogen-bond donors (Lipinski definition) is 1. The van der Waals surface area contributed by atoms with E-state index in [2.05, 4.69) is 27.0 Å². The number of hydrogen-bond acceptors (Lipinski definition) is 5. The second-order valence-corrected chi connectivity index (χ2v) is 9.63. The summed E-state index contributed by atoms with van der Waals surface area (Å²) in [5.74, 6) is 0.894. The van der Waals surface area contributed by atoms with Gasteiger partial charge < -0.3 is 14.5 Å². The van der Waals surface area contributed by atoms with E-state index in [0.717, 1.165) is 47.2 Å². The lowest BCUT2D eigenvalue weighted by Gasteiger charge is -2.46. The fraction of sp³-hybridized carbons (Fsp3) is 0.321. The van der Waals surface area contributed by atoms with Crippen molar-refractivity contribution in [3.05, 3.63) is 77.2 Å². The predicted molar refractivity (Wildman–Crippen MR) is 142 cm³/mol. The Balaban J connectivity index is 1.50. The average Bonchev–Trinajstić information content (AvgIpc) is 3.35. The molecular formula is C28H30ClN5O2. The van der Waals surface area contributed by atoms with Crippen molar-refractivity contribution in [3.8, 4) is 16.9 Å². The molecule has 2 aromatic carbocycles. The molecule has 1 aliphatic rings. The van der Waals surface area contributed by atoms with Gasteiger partial charge in [-0.1, -0.05) is 30.7 Å². The van der Waals surface area contributed by atoms with Gasteiger partial charge in [0.2, 0.25) is 0 Å². The molecule has 0 aliphatic carbocycles. The van der Waals surface area contributed by atoms with Gasteiger partial charge in [0.05, 0.1) is 24.4 Å². The average molecular weight is 504 g/mol. The van der Waals surface area contributed by atoms with E-state index in [1.54, 1.807) is 12.4 Å². The van der Waals surface area contributed by atoms with Gasteiger partial charge in [-0.3, -0.25) is 14.9 Å². The van der Waals surface area contributed by atoms with Crippen LogP contribution in [0.25, 0.3) is 22.0 Å². The molecule has 3 heterocycles. The van der Waals surface area contributed by atoms with Crippen molar-refractivity contribution in [2.45, 2.75) is 19.9 Å². The van der Waals surface area contributed by atoms with Crippen LogP contribution < -0.4 is 4.74 Å². The van der Waals surface area contributed by atoms with Crippen molar-refractivity contribution < 1.29 is 9.53 Å². The number of aromatic nitrogens is 3. The summed E-state index contributed by atoms with van der Waals surface area (Å²) in [6.45, 7) is 7.45. The Kier molecular flexibility index (Phi) is 6.94. The molecule has 1 atom stereocenters. The van der Waals surface area contributed by atoms with E-state index >= 15 is 0 Å². The Morgan fingerprint density at radius 3 is 2.78 bits per heavy atom. The highest BCUT2D eigenvalue weighted by atomic mass is 35.5. The topological polar surface area (TPSA) is 74.3 Å². The number of ether oxygens (including phenoxy) is 1. The number of H-pyrrole nitrogens is 1. The first-order valence-electron chi connectivity index (χ1n) is 12.3. The molecule has 5 rings (SSSR count). The van der Waals surface area contributed by atoms with Crippen LogP contribution >= 0.6 is 11.6 Å². The van der Waals surface area contributed by atoms with Crippen LogP contribution in [0, 0.1) is 5.92 Å². The summed E-state index contributed by atoms with van der Waals surface area (Å²) in [7, 11) is 1.88. The van der Waals surface area contributed by atoms with Crippen LogP contribution in [0.4, 0.5) is 0 Å². The maximum atomic E-state index is 13.9. The highest BCUT2D eigenvalue weighted by Crippen LogP contribution is 2.38. The van der Waals surface area contributed by atoms with Gasteiger partial charge in [0.25, 0.3) is 5.91 Å². The van der Waals surface area contributed by atoms with Crippen molar-refractivity contribution in [2.75, 3.05) is 33.3 Å². The van der Waals surface area contributed by atoms with Gasteiger partial charge in [0.15, 0.2) is 0 Å². The quantitative estimate of drug-likeness (QED) is 0.346. The number of likely N-dealkylation sites (tertiary alicyclic amines) is 1. The number of pyridine rings is 1. The molecule has 1 saturated heterocycles. The monoisotopic (exact) mass is 503 g/mol. The maximum Gasteiger partial charge on any atom is 0.254 e. The zero-order valence-corrected chi connectivity index (χ0v) is 21.5. The number of rotatable bonds is 8. The van der Waals surface area contributed by atoms with E-state index < -0.39 is 0 Å². The van der Waals surface area contributed by atoms with Crippen LogP contribution in [0.5, 0.6) is 5.75 Å². The molecule has 4 aromatic rings. The lowest BCUT2D eigenvalue weighted by Crippen LogP contribution is -2.53. The third-order valence-corrected chi connectivity index (χ3v) is 7.22. The van der Waals surface area contributed by atoms with Crippen molar-refractivity contribution >= 4 is 28.4 Å². The Hall–Kier alpha value is -3.42. The smallest absolute Gasteiger partial charge is 0.254 e. The summed E-state index contributed by atoms with van der Waals surface area (Å²) in [4.78, 5) is 22.6. The Labute approximate surface area is 216 Å². The summed E-state index contributed by atoms with van der Waals surface area (Å²) in [6.07, 6.45) is 5.42. The van der Waals surface area contributed by atoms with Crippen LogP contribution in [0.15, 0.2) is 61.1 Å². The maximum absolute atomic E-state index is 13.9. The van der Waals surface area contributed by atoms with Crippen LogP contribution in [-0.4, -0.2) is 64.2 Å². The van der Waals surface area contributed by atoms with Crippen LogP contribution in [0.1, 0.15) is 35.8 Å². The highest BCUT2D eigenvalue weighted by molar-refractivity contribution is 6.30. The SMILES string of the molecule is CCOc1cc(C(=O)N(C)[C@@H](c2cncc3cn[nH]c23)C2CN(CC)C2)ccc1-c1cccc(Cl)c1. The Bertz CT molecular complexity index is 1380.